The Labute approximate surface area is 421 Å². The zero-order valence-electron chi connectivity index (χ0n) is 44.3. The van der Waals surface area contributed by atoms with E-state index < -0.39 is 12.1 Å². The zero-order valence-corrected chi connectivity index (χ0v) is 44.3. The average Bonchev–Trinajstić information content (AvgIpc) is 3.34. The van der Waals surface area contributed by atoms with Crippen LogP contribution in [0.4, 0.5) is 0 Å². The summed E-state index contributed by atoms with van der Waals surface area (Å²) in [4.78, 5) is 12.4. The van der Waals surface area contributed by atoms with Gasteiger partial charge in [0, 0.05) is 6.42 Å². The predicted octanol–water partition coefficient (Wildman–Crippen LogP) is 19.0. The second kappa shape index (κ2) is 57.8. The standard InChI is InChI=1S/C64H107NO3/c1-3-5-7-9-11-13-15-17-19-20-21-22-23-24-25-26-27-28-29-30-31-32-33-34-35-36-37-38-39-40-41-42-43-44-46-48-50-52-54-56-58-60-64(68)65-62(61-66)63(67)59-57-55-53-51-49-47-45-18-16-14-12-10-8-6-4-2/h5,7,11,13,16-19,21-22,24-25,27-28,30-31,33-34,49,51,57,59,62-63,66-67H,3-4,6,8-10,12,14-15,20,23,26,29,32,35-48,50,52-56,58,60-61H2,1-2H3,(H,65,68)/b7-5-,13-11-,18-16+,19-17-,22-21-,25-24-,28-27-,31-30-,34-33-,51-49+,59-57+. The number of carbonyl (C=O) groups is 1. The number of nitrogens with one attached hydrogen (secondary N) is 1. The fourth-order valence-corrected chi connectivity index (χ4v) is 7.81. The van der Waals surface area contributed by atoms with Crippen LogP contribution < -0.4 is 5.32 Å². The van der Waals surface area contributed by atoms with Gasteiger partial charge >= 0.3 is 0 Å². The molecule has 0 saturated heterocycles. The summed E-state index contributed by atoms with van der Waals surface area (Å²) in [6, 6.07) is -0.652. The number of unbranched alkanes of at least 4 members (excludes halogenated alkanes) is 23. The van der Waals surface area contributed by atoms with E-state index >= 15 is 0 Å². The Kier molecular flexibility index (Phi) is 54.9. The normalized spacial score (nSPS) is 13.9. The molecule has 0 rings (SSSR count). The van der Waals surface area contributed by atoms with Crippen LogP contribution in [-0.2, 0) is 4.79 Å². The minimum atomic E-state index is -0.876. The summed E-state index contributed by atoms with van der Waals surface area (Å²) in [5.74, 6) is -0.0822. The van der Waals surface area contributed by atoms with E-state index in [9.17, 15) is 15.0 Å². The lowest BCUT2D eigenvalue weighted by Crippen LogP contribution is -2.45. The van der Waals surface area contributed by atoms with Crippen molar-refractivity contribution in [1.82, 2.24) is 5.32 Å². The quantitative estimate of drug-likeness (QED) is 0.0420. The van der Waals surface area contributed by atoms with Crippen LogP contribution in [0.3, 0.4) is 0 Å². The third kappa shape index (κ3) is 53.5. The first-order valence-corrected chi connectivity index (χ1v) is 28.4. The van der Waals surface area contributed by atoms with Gasteiger partial charge < -0.3 is 15.5 Å². The van der Waals surface area contributed by atoms with Gasteiger partial charge in [0.2, 0.25) is 5.91 Å². The van der Waals surface area contributed by atoms with Crippen LogP contribution in [0.15, 0.2) is 134 Å². The van der Waals surface area contributed by atoms with E-state index in [0.717, 1.165) is 89.9 Å². The van der Waals surface area contributed by atoms with Gasteiger partial charge in [-0.15, -0.1) is 0 Å². The van der Waals surface area contributed by atoms with E-state index in [1.807, 2.05) is 6.08 Å². The smallest absolute Gasteiger partial charge is 0.220 e. The maximum atomic E-state index is 12.4. The molecule has 2 unspecified atom stereocenters. The molecule has 3 N–H and O–H groups in total. The van der Waals surface area contributed by atoms with E-state index in [-0.39, 0.29) is 12.5 Å². The first-order valence-electron chi connectivity index (χ1n) is 28.4. The molecule has 0 fully saturated rings. The van der Waals surface area contributed by atoms with Crippen LogP contribution in [0.25, 0.3) is 0 Å². The molecule has 2 atom stereocenters. The van der Waals surface area contributed by atoms with Crippen molar-refractivity contribution < 1.29 is 15.0 Å². The van der Waals surface area contributed by atoms with Crippen molar-refractivity contribution in [3.8, 4) is 0 Å². The highest BCUT2D eigenvalue weighted by Gasteiger charge is 2.17. The molecule has 0 heterocycles. The molecule has 1 amide bonds. The molecule has 4 heteroatoms. The van der Waals surface area contributed by atoms with Crippen LogP contribution >= 0.6 is 0 Å². The van der Waals surface area contributed by atoms with Gasteiger partial charge in [0.15, 0.2) is 0 Å². The van der Waals surface area contributed by atoms with E-state index in [4.69, 9.17) is 0 Å². The highest BCUT2D eigenvalue weighted by Crippen LogP contribution is 2.15. The molecule has 0 saturated carbocycles. The van der Waals surface area contributed by atoms with Crippen molar-refractivity contribution in [1.29, 1.82) is 0 Å². The van der Waals surface area contributed by atoms with Gasteiger partial charge in [-0.25, -0.2) is 0 Å². The molecule has 0 aliphatic rings. The monoisotopic (exact) mass is 938 g/mol. The second-order valence-electron chi connectivity index (χ2n) is 18.6. The van der Waals surface area contributed by atoms with E-state index in [0.29, 0.717) is 6.42 Å². The van der Waals surface area contributed by atoms with Gasteiger partial charge in [-0.05, 0) is 109 Å². The lowest BCUT2D eigenvalue weighted by Gasteiger charge is -2.19. The van der Waals surface area contributed by atoms with Gasteiger partial charge in [0.25, 0.3) is 0 Å². The first-order chi connectivity index (χ1) is 33.7. The number of rotatable bonds is 50. The Morgan fingerprint density at radius 1 is 0.368 bits per heavy atom. The molecular weight excluding hydrogens is 831 g/mol. The number of allylic oxidation sites excluding steroid dienone is 21. The molecule has 0 bridgehead atoms. The predicted molar refractivity (Wildman–Crippen MR) is 303 cm³/mol. The largest absolute Gasteiger partial charge is 0.394 e. The maximum absolute atomic E-state index is 12.4. The number of hydrogen-bond donors (Lipinski definition) is 3. The van der Waals surface area contributed by atoms with Crippen molar-refractivity contribution in [3.63, 3.8) is 0 Å². The topological polar surface area (TPSA) is 69.6 Å². The van der Waals surface area contributed by atoms with E-state index in [1.54, 1.807) is 6.08 Å². The second-order valence-corrected chi connectivity index (χ2v) is 18.6. The molecule has 0 spiro atoms. The summed E-state index contributed by atoms with van der Waals surface area (Å²) in [7, 11) is 0. The number of aliphatic hydroxyl groups excluding tert-OH is 2. The fraction of sp³-hybridized carbons (Fsp3) is 0.641. The molecule has 0 aromatic carbocycles. The Balaban J connectivity index is 3.56. The maximum Gasteiger partial charge on any atom is 0.220 e. The lowest BCUT2D eigenvalue weighted by molar-refractivity contribution is -0.123. The van der Waals surface area contributed by atoms with Crippen LogP contribution in [0.5, 0.6) is 0 Å². The zero-order chi connectivity index (χ0) is 49.2. The van der Waals surface area contributed by atoms with Gasteiger partial charge in [-0.1, -0.05) is 263 Å². The summed E-state index contributed by atoms with van der Waals surface area (Å²) in [6.45, 7) is 4.16. The highest BCUT2D eigenvalue weighted by molar-refractivity contribution is 5.76. The molecule has 68 heavy (non-hydrogen) atoms. The number of amides is 1. The van der Waals surface area contributed by atoms with Gasteiger partial charge in [-0.3, -0.25) is 4.79 Å². The highest BCUT2D eigenvalue weighted by atomic mass is 16.3. The summed E-state index contributed by atoms with van der Waals surface area (Å²) in [6.07, 6.45) is 90.4. The third-order valence-corrected chi connectivity index (χ3v) is 12.1. The van der Waals surface area contributed by atoms with Crippen LogP contribution in [0.2, 0.25) is 0 Å². The molecule has 4 nitrogen and oxygen atoms in total. The van der Waals surface area contributed by atoms with E-state index in [1.165, 1.54) is 135 Å². The summed E-state index contributed by atoms with van der Waals surface area (Å²) in [5.41, 5.74) is 0. The molecule has 0 aliphatic heterocycles. The van der Waals surface area contributed by atoms with E-state index in [2.05, 4.69) is 141 Å². The average molecular weight is 939 g/mol. The molecule has 0 aromatic heterocycles. The Hall–Kier alpha value is -3.47. The first kappa shape index (κ1) is 64.5. The molecule has 0 radical (unpaired) electrons. The van der Waals surface area contributed by atoms with Crippen molar-refractivity contribution in [2.24, 2.45) is 0 Å². The Morgan fingerprint density at radius 2 is 0.662 bits per heavy atom. The van der Waals surface area contributed by atoms with Crippen LogP contribution in [0, 0.1) is 0 Å². The van der Waals surface area contributed by atoms with Crippen molar-refractivity contribution in [2.75, 3.05) is 6.61 Å². The van der Waals surface area contributed by atoms with Crippen molar-refractivity contribution in [3.05, 3.63) is 134 Å². The number of aliphatic hydroxyl groups is 2. The summed E-state index contributed by atoms with van der Waals surface area (Å²) >= 11 is 0. The number of hydrogen-bond acceptors (Lipinski definition) is 3. The summed E-state index contributed by atoms with van der Waals surface area (Å²) < 4.78 is 0. The van der Waals surface area contributed by atoms with Crippen molar-refractivity contribution >= 4 is 5.91 Å². The lowest BCUT2D eigenvalue weighted by atomic mass is 10.0. The fourth-order valence-electron chi connectivity index (χ4n) is 7.81. The molecular formula is C64H107NO3. The SMILES string of the molecule is CC/C=C\C/C=C\C/C=C\C/C=C\C/C=C\C/C=C\C/C=C\C/C=C\CCCCCCCCCCCCCCCCCCC(=O)NC(CO)C(O)/C=C/CC/C=C/CC/C=C/CCCCCCC. The van der Waals surface area contributed by atoms with Crippen LogP contribution in [0.1, 0.15) is 245 Å². The number of carbonyl (C=O) groups excluding carboxylic acids is 1. The van der Waals surface area contributed by atoms with Crippen LogP contribution in [-0.4, -0.2) is 34.9 Å². The molecule has 0 aromatic rings. The minimum absolute atomic E-state index is 0.0822. The van der Waals surface area contributed by atoms with Gasteiger partial charge in [0.1, 0.15) is 0 Å². The minimum Gasteiger partial charge on any atom is -0.394 e. The van der Waals surface area contributed by atoms with Gasteiger partial charge in [0.05, 0.1) is 18.8 Å². The molecule has 0 aliphatic carbocycles. The Morgan fingerprint density at radius 3 is 1.03 bits per heavy atom. The summed E-state index contributed by atoms with van der Waals surface area (Å²) in [5, 5.41) is 23.1. The van der Waals surface area contributed by atoms with Gasteiger partial charge in [-0.2, -0.15) is 0 Å². The van der Waals surface area contributed by atoms with Crippen molar-refractivity contribution in [2.45, 2.75) is 257 Å². The third-order valence-electron chi connectivity index (χ3n) is 12.1. The Bertz CT molecular complexity index is 1390. The molecule has 386 valence electrons.